The second-order valence-electron chi connectivity index (χ2n) is 9.54. The van der Waals surface area contributed by atoms with Crippen LogP contribution in [0.4, 0.5) is 11.6 Å². The summed E-state index contributed by atoms with van der Waals surface area (Å²) < 4.78 is 1.97. The molecule has 0 saturated carbocycles. The van der Waals surface area contributed by atoms with E-state index in [1.165, 1.54) is 0 Å². The number of piperidine rings is 1. The molecule has 4 heterocycles. The fourth-order valence-corrected chi connectivity index (χ4v) is 5.71. The van der Waals surface area contributed by atoms with Crippen molar-refractivity contribution in [2.24, 2.45) is 0 Å². The van der Waals surface area contributed by atoms with Crippen LogP contribution in [0.3, 0.4) is 0 Å². The van der Waals surface area contributed by atoms with Gasteiger partial charge < -0.3 is 10.2 Å². The first-order valence-electron chi connectivity index (χ1n) is 12.4. The molecular formula is C26H26Cl2N8O. The number of fused-ring (bicyclic) bond motifs is 3. The van der Waals surface area contributed by atoms with Crippen LogP contribution in [0.2, 0.25) is 10.0 Å². The molecule has 37 heavy (non-hydrogen) atoms. The van der Waals surface area contributed by atoms with Gasteiger partial charge in [0.05, 0.1) is 29.3 Å². The number of nitrogens with one attached hydrogen (secondary N) is 2. The number of hydrogen-bond acceptors (Lipinski definition) is 6. The predicted molar refractivity (Wildman–Crippen MR) is 142 cm³/mol. The molecule has 1 aromatic carbocycles. The van der Waals surface area contributed by atoms with Crippen LogP contribution in [0.1, 0.15) is 48.3 Å². The molecule has 0 atom stereocenters. The van der Waals surface area contributed by atoms with Gasteiger partial charge in [0.25, 0.3) is 0 Å². The first-order chi connectivity index (χ1) is 18.0. The minimum atomic E-state index is 0.129. The van der Waals surface area contributed by atoms with Gasteiger partial charge in [-0.15, -0.1) is 0 Å². The van der Waals surface area contributed by atoms with Gasteiger partial charge in [-0.2, -0.15) is 10.2 Å². The van der Waals surface area contributed by atoms with Crippen molar-refractivity contribution in [3.8, 4) is 11.3 Å². The van der Waals surface area contributed by atoms with E-state index in [9.17, 15) is 4.79 Å². The van der Waals surface area contributed by atoms with Crippen molar-refractivity contribution in [3.63, 3.8) is 0 Å². The van der Waals surface area contributed by atoms with Crippen molar-refractivity contribution in [2.75, 3.05) is 18.4 Å². The summed E-state index contributed by atoms with van der Waals surface area (Å²) in [6.45, 7) is 3.13. The van der Waals surface area contributed by atoms with Crippen molar-refractivity contribution in [2.45, 2.75) is 45.1 Å². The highest BCUT2D eigenvalue weighted by Gasteiger charge is 2.26. The van der Waals surface area contributed by atoms with Gasteiger partial charge in [-0.25, -0.2) is 9.97 Å². The summed E-state index contributed by atoms with van der Waals surface area (Å²) in [6.07, 6.45) is 9.60. The number of carbonyl (C=O) groups excluding carboxylic acids is 1. The van der Waals surface area contributed by atoms with E-state index in [2.05, 4.69) is 25.6 Å². The highest BCUT2D eigenvalue weighted by atomic mass is 35.5. The zero-order valence-electron chi connectivity index (χ0n) is 20.3. The fraction of sp³-hybridized carbons (Fsp3) is 0.346. The van der Waals surface area contributed by atoms with E-state index in [1.807, 2.05) is 40.2 Å². The Morgan fingerprint density at radius 3 is 2.70 bits per heavy atom. The van der Waals surface area contributed by atoms with Crippen LogP contribution in [-0.4, -0.2) is 53.8 Å². The normalized spacial score (nSPS) is 15.4. The lowest BCUT2D eigenvalue weighted by Gasteiger charge is -2.31. The number of anilines is 2. The zero-order valence-corrected chi connectivity index (χ0v) is 21.9. The number of amides is 1. The summed E-state index contributed by atoms with van der Waals surface area (Å²) in [5, 5.41) is 16.9. The number of rotatable bonds is 5. The summed E-state index contributed by atoms with van der Waals surface area (Å²) in [5.74, 6) is 0.630. The molecule has 1 aliphatic heterocycles. The van der Waals surface area contributed by atoms with E-state index in [0.29, 0.717) is 22.4 Å². The number of aromatic nitrogens is 6. The van der Waals surface area contributed by atoms with Crippen LogP contribution in [0.25, 0.3) is 11.3 Å². The van der Waals surface area contributed by atoms with Crippen molar-refractivity contribution < 1.29 is 4.79 Å². The number of likely N-dealkylation sites (tertiary alicyclic amines) is 1. The molecule has 1 aliphatic carbocycles. The number of halogens is 2. The van der Waals surface area contributed by atoms with Crippen LogP contribution in [0, 0.1) is 0 Å². The Kier molecular flexibility index (Phi) is 6.34. The smallest absolute Gasteiger partial charge is 0.227 e. The molecule has 2 N–H and O–H groups in total. The third kappa shape index (κ3) is 4.69. The summed E-state index contributed by atoms with van der Waals surface area (Å²) >= 11 is 12.9. The van der Waals surface area contributed by atoms with Crippen LogP contribution >= 0.6 is 23.2 Å². The van der Waals surface area contributed by atoms with Crippen LogP contribution in [0.5, 0.6) is 0 Å². The van der Waals surface area contributed by atoms with Gasteiger partial charge in [-0.1, -0.05) is 29.3 Å². The third-order valence-electron chi connectivity index (χ3n) is 7.21. The van der Waals surface area contributed by atoms with E-state index < -0.39 is 0 Å². The molecule has 3 aromatic heterocycles. The maximum absolute atomic E-state index is 11.6. The van der Waals surface area contributed by atoms with E-state index in [0.717, 1.165) is 78.2 Å². The van der Waals surface area contributed by atoms with E-state index in [-0.39, 0.29) is 11.9 Å². The molecule has 0 radical (unpaired) electrons. The van der Waals surface area contributed by atoms with E-state index in [1.54, 1.807) is 13.1 Å². The Morgan fingerprint density at radius 2 is 1.95 bits per heavy atom. The molecule has 11 heteroatoms. The molecule has 2 aliphatic rings. The molecule has 190 valence electrons. The molecule has 6 rings (SSSR count). The summed E-state index contributed by atoms with van der Waals surface area (Å²) in [5.41, 5.74) is 6.54. The van der Waals surface area contributed by atoms with Crippen molar-refractivity contribution in [1.82, 2.24) is 34.8 Å². The minimum absolute atomic E-state index is 0.129. The number of aromatic amines is 1. The zero-order chi connectivity index (χ0) is 25.5. The highest BCUT2D eigenvalue weighted by Crippen LogP contribution is 2.37. The first kappa shape index (κ1) is 23.9. The van der Waals surface area contributed by atoms with Gasteiger partial charge in [0, 0.05) is 60.1 Å². The topological polar surface area (TPSA) is 105 Å². The molecule has 9 nitrogen and oxygen atoms in total. The summed E-state index contributed by atoms with van der Waals surface area (Å²) in [6, 6.07) is 5.80. The van der Waals surface area contributed by atoms with Crippen LogP contribution < -0.4 is 5.32 Å². The maximum atomic E-state index is 11.6. The quantitative estimate of drug-likeness (QED) is 0.372. The average Bonchev–Trinajstić information content (AvgIpc) is 3.54. The lowest BCUT2D eigenvalue weighted by Crippen LogP contribution is -2.37. The van der Waals surface area contributed by atoms with Crippen molar-refractivity contribution in [3.05, 3.63) is 69.3 Å². The SMILES string of the molecule is CC(=O)N1CCC(n2cc(Nc3ncc4c(n3)-c3c(n[nH]c3Cc3c(Cl)cccc3Cl)CC4)cn2)CC1. The number of carbonyl (C=O) groups is 1. The Labute approximate surface area is 224 Å². The number of benzene rings is 1. The van der Waals surface area contributed by atoms with Gasteiger partial charge in [0.2, 0.25) is 11.9 Å². The molecule has 1 amide bonds. The number of aryl methyl sites for hydroxylation is 2. The Bertz CT molecular complexity index is 1450. The molecule has 4 aromatic rings. The molecule has 0 bridgehead atoms. The largest absolute Gasteiger partial charge is 0.343 e. The maximum Gasteiger partial charge on any atom is 0.227 e. The van der Waals surface area contributed by atoms with E-state index >= 15 is 0 Å². The van der Waals surface area contributed by atoms with Crippen molar-refractivity contribution >= 4 is 40.7 Å². The molecule has 0 spiro atoms. The molecule has 0 unspecified atom stereocenters. The highest BCUT2D eigenvalue weighted by molar-refractivity contribution is 6.36. The predicted octanol–water partition coefficient (Wildman–Crippen LogP) is 4.99. The minimum Gasteiger partial charge on any atom is -0.343 e. The fourth-order valence-electron chi connectivity index (χ4n) is 5.18. The van der Waals surface area contributed by atoms with Crippen molar-refractivity contribution in [1.29, 1.82) is 0 Å². The molecular weight excluding hydrogens is 511 g/mol. The summed E-state index contributed by atoms with van der Waals surface area (Å²) in [4.78, 5) is 23.0. The Morgan fingerprint density at radius 1 is 1.16 bits per heavy atom. The second-order valence-corrected chi connectivity index (χ2v) is 10.4. The number of H-pyrrole nitrogens is 1. The second kappa shape index (κ2) is 9.79. The Balaban J connectivity index is 1.23. The third-order valence-corrected chi connectivity index (χ3v) is 7.91. The standard InChI is InChI=1S/C26H26Cl2N8O/c1-15(37)35-9-7-18(8-10-35)36-14-17(13-30-36)31-26-29-12-16-5-6-22-24(25(16)32-26)23(34-33-22)11-19-20(27)3-2-4-21(19)28/h2-4,12-14,18H,5-11H2,1H3,(H,33,34)(H,29,31,32). The van der Waals surface area contributed by atoms with Crippen LogP contribution in [0.15, 0.2) is 36.8 Å². The van der Waals surface area contributed by atoms with Gasteiger partial charge >= 0.3 is 0 Å². The van der Waals surface area contributed by atoms with Gasteiger partial charge in [0.15, 0.2) is 0 Å². The monoisotopic (exact) mass is 536 g/mol. The number of nitrogens with zero attached hydrogens (tertiary/aromatic N) is 6. The van der Waals surface area contributed by atoms with E-state index in [4.69, 9.17) is 28.2 Å². The molecule has 1 fully saturated rings. The van der Waals surface area contributed by atoms with Gasteiger partial charge in [-0.05, 0) is 48.9 Å². The average molecular weight is 537 g/mol. The van der Waals surface area contributed by atoms with Gasteiger partial charge in [0.1, 0.15) is 0 Å². The van der Waals surface area contributed by atoms with Crippen LogP contribution in [-0.2, 0) is 24.1 Å². The summed E-state index contributed by atoms with van der Waals surface area (Å²) in [7, 11) is 0. The lowest BCUT2D eigenvalue weighted by molar-refractivity contribution is -0.130. The molecule has 1 saturated heterocycles. The lowest BCUT2D eigenvalue weighted by atomic mass is 9.92. The first-order valence-corrected chi connectivity index (χ1v) is 13.1. The van der Waals surface area contributed by atoms with Gasteiger partial charge in [-0.3, -0.25) is 14.6 Å². The number of hydrogen-bond donors (Lipinski definition) is 2. The Hall–Kier alpha value is -3.43.